The van der Waals surface area contributed by atoms with Gasteiger partial charge in [-0.2, -0.15) is 0 Å². The third-order valence-electron chi connectivity index (χ3n) is 3.72. The number of hydrogen-bond acceptors (Lipinski definition) is 6. The lowest BCUT2D eigenvalue weighted by molar-refractivity contribution is -0.166. The number of hydrogen-bond donors (Lipinski definition) is 1. The standard InChI is InChI=1S/C17H21ClO6/c1-9(2)12(10-5-7-11(18)8-6-10)14(19)13(16(21)23-3)15(20)17(22)24-4/h5-9,12-13,15,20H,1-4H3/t12-,13?,15?/m0/s1. The molecule has 1 rings (SSSR count). The molecule has 0 heterocycles. The number of methoxy groups -OCH3 is 2. The highest BCUT2D eigenvalue weighted by atomic mass is 35.5. The Labute approximate surface area is 145 Å². The van der Waals surface area contributed by atoms with Crippen LogP contribution in [0.4, 0.5) is 0 Å². The second-order valence-corrected chi connectivity index (χ2v) is 6.08. The molecule has 1 aromatic carbocycles. The molecular formula is C17H21ClO6. The van der Waals surface area contributed by atoms with E-state index < -0.39 is 35.7 Å². The van der Waals surface area contributed by atoms with Crippen molar-refractivity contribution in [2.75, 3.05) is 14.2 Å². The summed E-state index contributed by atoms with van der Waals surface area (Å²) < 4.78 is 9.02. The second-order valence-electron chi connectivity index (χ2n) is 5.64. The normalized spacial score (nSPS) is 14.6. The molecule has 6 nitrogen and oxygen atoms in total. The van der Waals surface area contributed by atoms with Crippen molar-refractivity contribution in [3.05, 3.63) is 34.9 Å². The van der Waals surface area contributed by atoms with Crippen molar-refractivity contribution in [1.29, 1.82) is 0 Å². The van der Waals surface area contributed by atoms with Gasteiger partial charge in [0.2, 0.25) is 0 Å². The van der Waals surface area contributed by atoms with Gasteiger partial charge >= 0.3 is 11.9 Å². The van der Waals surface area contributed by atoms with Crippen LogP contribution in [-0.2, 0) is 23.9 Å². The number of ketones is 1. The van der Waals surface area contributed by atoms with Gasteiger partial charge in [-0.1, -0.05) is 37.6 Å². The highest BCUT2D eigenvalue weighted by Crippen LogP contribution is 2.31. The van der Waals surface area contributed by atoms with E-state index in [4.69, 9.17) is 11.6 Å². The number of ether oxygens (including phenoxy) is 2. The second kappa shape index (κ2) is 8.80. The minimum Gasteiger partial charge on any atom is -0.468 e. The Morgan fingerprint density at radius 1 is 1.00 bits per heavy atom. The zero-order chi connectivity index (χ0) is 18.4. The quantitative estimate of drug-likeness (QED) is 0.593. The zero-order valence-electron chi connectivity index (χ0n) is 14.0. The summed E-state index contributed by atoms with van der Waals surface area (Å²) in [6, 6.07) is 6.60. The number of halogens is 1. The third-order valence-corrected chi connectivity index (χ3v) is 3.97. The fraction of sp³-hybridized carbons (Fsp3) is 0.471. The number of Topliss-reactive ketones (excluding diaryl/α,β-unsaturated/α-hetero) is 1. The van der Waals surface area contributed by atoms with Crippen LogP contribution in [0.25, 0.3) is 0 Å². The predicted octanol–water partition coefficient (Wildman–Crippen LogP) is 1.97. The van der Waals surface area contributed by atoms with E-state index in [1.807, 2.05) is 0 Å². The van der Waals surface area contributed by atoms with E-state index >= 15 is 0 Å². The number of aliphatic hydroxyl groups is 1. The van der Waals surface area contributed by atoms with Gasteiger partial charge in [-0.25, -0.2) is 4.79 Å². The van der Waals surface area contributed by atoms with E-state index in [0.29, 0.717) is 10.6 Å². The van der Waals surface area contributed by atoms with Gasteiger partial charge in [-0.3, -0.25) is 9.59 Å². The maximum Gasteiger partial charge on any atom is 0.336 e. The minimum atomic E-state index is -1.93. The molecule has 1 aromatic rings. The van der Waals surface area contributed by atoms with Crippen LogP contribution >= 0.6 is 11.6 Å². The Hall–Kier alpha value is -1.92. The van der Waals surface area contributed by atoms with Gasteiger partial charge in [-0.15, -0.1) is 0 Å². The van der Waals surface area contributed by atoms with Crippen LogP contribution in [0.2, 0.25) is 5.02 Å². The first-order chi connectivity index (χ1) is 11.2. The van der Waals surface area contributed by atoms with E-state index in [9.17, 15) is 19.5 Å². The van der Waals surface area contributed by atoms with Crippen molar-refractivity contribution in [2.45, 2.75) is 25.9 Å². The van der Waals surface area contributed by atoms with Gasteiger partial charge < -0.3 is 14.6 Å². The highest BCUT2D eigenvalue weighted by molar-refractivity contribution is 6.30. The first-order valence-corrected chi connectivity index (χ1v) is 7.75. The highest BCUT2D eigenvalue weighted by Gasteiger charge is 2.43. The van der Waals surface area contributed by atoms with Crippen molar-refractivity contribution in [2.24, 2.45) is 11.8 Å². The molecule has 2 unspecified atom stereocenters. The largest absolute Gasteiger partial charge is 0.468 e. The van der Waals surface area contributed by atoms with Crippen molar-refractivity contribution in [1.82, 2.24) is 0 Å². The van der Waals surface area contributed by atoms with Crippen LogP contribution in [0.3, 0.4) is 0 Å². The van der Waals surface area contributed by atoms with Crippen molar-refractivity contribution < 1.29 is 29.0 Å². The molecule has 132 valence electrons. The lowest BCUT2D eigenvalue weighted by atomic mass is 9.78. The molecule has 0 saturated carbocycles. The first kappa shape index (κ1) is 20.1. The molecule has 0 saturated heterocycles. The molecule has 0 amide bonds. The molecule has 3 atom stereocenters. The molecule has 0 fully saturated rings. The Kier molecular flexibility index (Phi) is 7.38. The summed E-state index contributed by atoms with van der Waals surface area (Å²) in [5, 5.41) is 10.6. The van der Waals surface area contributed by atoms with Crippen molar-refractivity contribution >= 4 is 29.3 Å². The number of carbonyl (C=O) groups excluding carboxylic acids is 3. The Morgan fingerprint density at radius 2 is 1.50 bits per heavy atom. The van der Waals surface area contributed by atoms with E-state index in [2.05, 4.69) is 9.47 Å². The topological polar surface area (TPSA) is 89.9 Å². The lowest BCUT2D eigenvalue weighted by Crippen LogP contribution is -2.44. The molecule has 0 aliphatic carbocycles. The Balaban J connectivity index is 3.28. The smallest absolute Gasteiger partial charge is 0.336 e. The van der Waals surface area contributed by atoms with Gasteiger partial charge in [0, 0.05) is 10.9 Å². The number of esters is 2. The molecule has 0 radical (unpaired) electrons. The summed E-state index contributed by atoms with van der Waals surface area (Å²) in [5.74, 6) is -5.24. The molecule has 7 heteroatoms. The number of aliphatic hydroxyl groups excluding tert-OH is 1. The number of benzene rings is 1. The maximum atomic E-state index is 12.9. The number of rotatable bonds is 7. The molecule has 0 aliphatic heterocycles. The fourth-order valence-electron chi connectivity index (χ4n) is 2.53. The summed E-state index contributed by atoms with van der Waals surface area (Å²) in [4.78, 5) is 36.5. The molecule has 0 aromatic heterocycles. The monoisotopic (exact) mass is 356 g/mol. The summed E-state index contributed by atoms with van der Waals surface area (Å²) in [5.41, 5.74) is 0.630. The Bertz CT molecular complexity index is 596. The lowest BCUT2D eigenvalue weighted by Gasteiger charge is -2.26. The predicted molar refractivity (Wildman–Crippen MR) is 87.6 cm³/mol. The molecular weight excluding hydrogens is 336 g/mol. The molecule has 24 heavy (non-hydrogen) atoms. The average molecular weight is 357 g/mol. The first-order valence-electron chi connectivity index (χ1n) is 7.37. The van der Waals surface area contributed by atoms with Gasteiger partial charge in [-0.05, 0) is 23.6 Å². The van der Waals surface area contributed by atoms with Crippen LogP contribution < -0.4 is 0 Å². The van der Waals surface area contributed by atoms with Gasteiger partial charge in [0.05, 0.1) is 14.2 Å². The minimum absolute atomic E-state index is 0.185. The van der Waals surface area contributed by atoms with Crippen LogP contribution in [0.15, 0.2) is 24.3 Å². The molecule has 0 spiro atoms. The average Bonchev–Trinajstić information content (AvgIpc) is 2.55. The van der Waals surface area contributed by atoms with Gasteiger partial charge in [0.15, 0.2) is 17.8 Å². The summed E-state index contributed by atoms with van der Waals surface area (Å²) >= 11 is 5.86. The van der Waals surface area contributed by atoms with Crippen LogP contribution in [0, 0.1) is 11.8 Å². The summed E-state index contributed by atoms with van der Waals surface area (Å²) in [7, 11) is 2.14. The van der Waals surface area contributed by atoms with Crippen LogP contribution in [0.5, 0.6) is 0 Å². The SMILES string of the molecule is COC(=O)C(O)C(C(=O)OC)C(=O)[C@H](c1ccc(Cl)cc1)C(C)C. The Morgan fingerprint density at radius 3 is 1.92 bits per heavy atom. The fourth-order valence-corrected chi connectivity index (χ4v) is 2.65. The molecule has 0 bridgehead atoms. The van der Waals surface area contributed by atoms with Gasteiger partial charge in [0.1, 0.15) is 0 Å². The number of carbonyl (C=O) groups is 3. The maximum absolute atomic E-state index is 12.9. The summed E-state index contributed by atoms with van der Waals surface area (Å²) in [6.07, 6.45) is -1.93. The van der Waals surface area contributed by atoms with Crippen molar-refractivity contribution in [3.63, 3.8) is 0 Å². The van der Waals surface area contributed by atoms with Crippen molar-refractivity contribution in [3.8, 4) is 0 Å². The van der Waals surface area contributed by atoms with Crippen LogP contribution in [-0.4, -0.2) is 43.2 Å². The van der Waals surface area contributed by atoms with E-state index in [1.54, 1.807) is 38.1 Å². The van der Waals surface area contributed by atoms with E-state index in [1.165, 1.54) is 0 Å². The van der Waals surface area contributed by atoms with E-state index in [-0.39, 0.29) is 5.92 Å². The van der Waals surface area contributed by atoms with E-state index in [0.717, 1.165) is 14.2 Å². The molecule has 1 N–H and O–H groups in total. The third kappa shape index (κ3) is 4.55. The van der Waals surface area contributed by atoms with Crippen LogP contribution in [0.1, 0.15) is 25.3 Å². The zero-order valence-corrected chi connectivity index (χ0v) is 14.7. The molecule has 0 aliphatic rings. The van der Waals surface area contributed by atoms with Gasteiger partial charge in [0.25, 0.3) is 0 Å². The summed E-state index contributed by atoms with van der Waals surface area (Å²) in [6.45, 7) is 3.60.